The molecule has 4 nitrogen and oxygen atoms in total. The molecule has 0 atom stereocenters. The SMILES string of the molecule is CN/C(CC(C)C)=C(/O)Oc1cccc2nc3ccccc3cc12. The molecule has 1 aromatic heterocycles. The molecule has 0 amide bonds. The van der Waals surface area contributed by atoms with Gasteiger partial charge in [0.25, 0.3) is 0 Å². The van der Waals surface area contributed by atoms with Gasteiger partial charge in [-0.05, 0) is 36.6 Å². The van der Waals surface area contributed by atoms with E-state index in [4.69, 9.17) is 4.74 Å². The highest BCUT2D eigenvalue weighted by atomic mass is 16.6. The third-order valence-corrected chi connectivity index (χ3v) is 3.90. The Kier molecular flexibility index (Phi) is 4.56. The zero-order valence-electron chi connectivity index (χ0n) is 14.2. The van der Waals surface area contributed by atoms with Gasteiger partial charge >= 0.3 is 5.95 Å². The molecule has 0 aliphatic carbocycles. The van der Waals surface area contributed by atoms with Crippen LogP contribution in [0, 0.1) is 5.92 Å². The largest absolute Gasteiger partial charge is 0.479 e. The first kappa shape index (κ1) is 16.1. The summed E-state index contributed by atoms with van der Waals surface area (Å²) in [5.41, 5.74) is 2.47. The number of aliphatic hydroxyl groups excluding tert-OH is 1. The molecule has 0 saturated heterocycles. The second kappa shape index (κ2) is 6.79. The van der Waals surface area contributed by atoms with Gasteiger partial charge in [-0.15, -0.1) is 0 Å². The summed E-state index contributed by atoms with van der Waals surface area (Å²) in [5.74, 6) is 0.919. The molecule has 0 spiro atoms. The average molecular weight is 322 g/mol. The molecule has 0 fully saturated rings. The van der Waals surface area contributed by atoms with Gasteiger partial charge in [-0.25, -0.2) is 4.98 Å². The van der Waals surface area contributed by atoms with Crippen molar-refractivity contribution in [3.63, 3.8) is 0 Å². The van der Waals surface area contributed by atoms with Crippen molar-refractivity contribution >= 4 is 21.8 Å². The Morgan fingerprint density at radius 1 is 1.12 bits per heavy atom. The van der Waals surface area contributed by atoms with Crippen molar-refractivity contribution in [2.24, 2.45) is 5.92 Å². The summed E-state index contributed by atoms with van der Waals surface area (Å²) in [6.07, 6.45) is 0.717. The minimum Gasteiger partial charge on any atom is -0.479 e. The van der Waals surface area contributed by atoms with Crippen LogP contribution in [0.2, 0.25) is 0 Å². The molecule has 0 radical (unpaired) electrons. The number of fused-ring (bicyclic) bond motifs is 2. The summed E-state index contributed by atoms with van der Waals surface area (Å²) in [4.78, 5) is 4.67. The molecule has 3 rings (SSSR count). The van der Waals surface area contributed by atoms with Crippen LogP contribution in [0.1, 0.15) is 20.3 Å². The van der Waals surface area contributed by atoms with Gasteiger partial charge in [0.15, 0.2) is 0 Å². The molecule has 0 unspecified atom stereocenters. The van der Waals surface area contributed by atoms with E-state index in [2.05, 4.69) is 24.1 Å². The fourth-order valence-corrected chi connectivity index (χ4v) is 2.73. The molecule has 0 saturated carbocycles. The lowest BCUT2D eigenvalue weighted by molar-refractivity contribution is 0.198. The van der Waals surface area contributed by atoms with Gasteiger partial charge in [-0.1, -0.05) is 38.1 Å². The van der Waals surface area contributed by atoms with Crippen LogP contribution in [0.25, 0.3) is 21.8 Å². The van der Waals surface area contributed by atoms with Crippen molar-refractivity contribution in [1.29, 1.82) is 0 Å². The number of aromatic nitrogens is 1. The number of hydrogen-bond donors (Lipinski definition) is 2. The lowest BCUT2D eigenvalue weighted by atomic mass is 10.1. The van der Waals surface area contributed by atoms with E-state index >= 15 is 0 Å². The van der Waals surface area contributed by atoms with E-state index < -0.39 is 0 Å². The van der Waals surface area contributed by atoms with Gasteiger partial charge in [-0.3, -0.25) is 0 Å². The lowest BCUT2D eigenvalue weighted by Gasteiger charge is -2.14. The normalized spacial score (nSPS) is 12.5. The molecule has 2 N–H and O–H groups in total. The summed E-state index contributed by atoms with van der Waals surface area (Å²) in [6.45, 7) is 4.19. The van der Waals surface area contributed by atoms with Crippen molar-refractivity contribution in [3.05, 3.63) is 60.2 Å². The van der Waals surface area contributed by atoms with E-state index in [0.717, 1.165) is 21.8 Å². The van der Waals surface area contributed by atoms with E-state index in [0.29, 0.717) is 23.8 Å². The molecule has 0 aliphatic rings. The molecule has 2 aromatic carbocycles. The maximum absolute atomic E-state index is 10.4. The molecular formula is C20H22N2O2. The number of nitrogens with zero attached hydrogens (tertiary/aromatic N) is 1. The zero-order valence-corrected chi connectivity index (χ0v) is 14.2. The number of pyridine rings is 1. The number of hydrogen-bond acceptors (Lipinski definition) is 4. The number of nitrogens with one attached hydrogen (secondary N) is 1. The molecule has 0 aliphatic heterocycles. The number of ether oxygens (including phenoxy) is 1. The van der Waals surface area contributed by atoms with Crippen molar-refractivity contribution in [1.82, 2.24) is 10.3 Å². The summed E-state index contributed by atoms with van der Waals surface area (Å²) in [5, 5.41) is 15.3. The Bertz CT molecular complexity index is 900. The highest BCUT2D eigenvalue weighted by Gasteiger charge is 2.12. The number of allylic oxidation sites excluding steroid dienone is 1. The average Bonchev–Trinajstić information content (AvgIpc) is 2.58. The van der Waals surface area contributed by atoms with Gasteiger partial charge in [0, 0.05) is 17.8 Å². The second-order valence-electron chi connectivity index (χ2n) is 6.24. The van der Waals surface area contributed by atoms with Crippen LogP contribution in [-0.4, -0.2) is 17.1 Å². The third-order valence-electron chi connectivity index (χ3n) is 3.90. The number of rotatable bonds is 5. The fourth-order valence-electron chi connectivity index (χ4n) is 2.73. The van der Waals surface area contributed by atoms with Crippen LogP contribution < -0.4 is 10.1 Å². The topological polar surface area (TPSA) is 54.4 Å². The van der Waals surface area contributed by atoms with E-state index in [1.807, 2.05) is 48.5 Å². The lowest BCUT2D eigenvalue weighted by Crippen LogP contribution is -2.14. The van der Waals surface area contributed by atoms with Crippen LogP contribution in [0.4, 0.5) is 0 Å². The van der Waals surface area contributed by atoms with E-state index in [1.165, 1.54) is 0 Å². The van der Waals surface area contributed by atoms with Gasteiger partial charge in [0.1, 0.15) is 5.75 Å². The molecule has 4 heteroatoms. The smallest absolute Gasteiger partial charge is 0.302 e. The first-order chi connectivity index (χ1) is 11.6. The molecule has 1 heterocycles. The Morgan fingerprint density at radius 3 is 2.62 bits per heavy atom. The van der Waals surface area contributed by atoms with Crippen molar-refractivity contribution in [2.45, 2.75) is 20.3 Å². The number of benzene rings is 2. The number of para-hydroxylation sites is 1. The quantitative estimate of drug-likeness (QED) is 0.525. The molecule has 3 aromatic rings. The first-order valence-corrected chi connectivity index (χ1v) is 8.14. The molecular weight excluding hydrogens is 300 g/mol. The Hall–Kier alpha value is -2.75. The Morgan fingerprint density at radius 2 is 1.88 bits per heavy atom. The van der Waals surface area contributed by atoms with E-state index in [-0.39, 0.29) is 5.95 Å². The number of aliphatic hydroxyl groups is 1. The predicted molar refractivity (Wildman–Crippen MR) is 98.0 cm³/mol. The second-order valence-corrected chi connectivity index (χ2v) is 6.24. The molecule has 0 bridgehead atoms. The summed E-state index contributed by atoms with van der Waals surface area (Å²) >= 11 is 0. The van der Waals surface area contributed by atoms with Crippen LogP contribution in [-0.2, 0) is 0 Å². The Labute approximate surface area is 141 Å². The minimum absolute atomic E-state index is 0.0909. The fraction of sp³-hybridized carbons (Fsp3) is 0.250. The van der Waals surface area contributed by atoms with Gasteiger partial charge < -0.3 is 15.2 Å². The van der Waals surface area contributed by atoms with Crippen LogP contribution >= 0.6 is 0 Å². The zero-order chi connectivity index (χ0) is 17.1. The van der Waals surface area contributed by atoms with Crippen molar-refractivity contribution < 1.29 is 9.84 Å². The van der Waals surface area contributed by atoms with Crippen LogP contribution in [0.15, 0.2) is 60.2 Å². The van der Waals surface area contributed by atoms with Gasteiger partial charge in [0.2, 0.25) is 0 Å². The van der Waals surface area contributed by atoms with Crippen LogP contribution in [0.3, 0.4) is 0 Å². The van der Waals surface area contributed by atoms with Crippen molar-refractivity contribution in [2.75, 3.05) is 7.05 Å². The predicted octanol–water partition coefficient (Wildman–Crippen LogP) is 4.76. The maximum Gasteiger partial charge on any atom is 0.302 e. The van der Waals surface area contributed by atoms with Gasteiger partial charge in [0.05, 0.1) is 16.7 Å². The van der Waals surface area contributed by atoms with Gasteiger partial charge in [-0.2, -0.15) is 0 Å². The summed E-state index contributed by atoms with van der Waals surface area (Å²) in [6, 6.07) is 15.7. The first-order valence-electron chi connectivity index (χ1n) is 8.14. The summed E-state index contributed by atoms with van der Waals surface area (Å²) in [7, 11) is 1.79. The maximum atomic E-state index is 10.4. The highest BCUT2D eigenvalue weighted by Crippen LogP contribution is 2.29. The van der Waals surface area contributed by atoms with Crippen molar-refractivity contribution in [3.8, 4) is 5.75 Å². The third kappa shape index (κ3) is 3.27. The standard InChI is InChI=1S/C20H22N2O2/c1-13(2)11-18(21-3)20(23)24-19-10-6-9-17-15(19)12-14-7-4-5-8-16(14)22-17/h4-10,12-13,21,23H,11H2,1-3H3/b20-18-. The Balaban J connectivity index is 2.06. The van der Waals surface area contributed by atoms with E-state index in [1.54, 1.807) is 7.05 Å². The highest BCUT2D eigenvalue weighted by molar-refractivity contribution is 5.95. The van der Waals surface area contributed by atoms with E-state index in [9.17, 15) is 5.11 Å². The minimum atomic E-state index is -0.0909. The molecule has 124 valence electrons. The van der Waals surface area contributed by atoms with Crippen LogP contribution in [0.5, 0.6) is 5.75 Å². The summed E-state index contributed by atoms with van der Waals surface area (Å²) < 4.78 is 5.76. The monoisotopic (exact) mass is 322 g/mol. The molecule has 24 heavy (non-hydrogen) atoms.